The van der Waals surface area contributed by atoms with E-state index in [2.05, 4.69) is 26.0 Å². The summed E-state index contributed by atoms with van der Waals surface area (Å²) in [5.74, 6) is 0.632. The second-order valence-corrected chi connectivity index (χ2v) is 9.47. The van der Waals surface area contributed by atoms with Gasteiger partial charge in [0.15, 0.2) is 5.75 Å². The van der Waals surface area contributed by atoms with Crippen molar-refractivity contribution in [1.82, 2.24) is 24.7 Å². The summed E-state index contributed by atoms with van der Waals surface area (Å²) >= 11 is 16.3. The van der Waals surface area contributed by atoms with E-state index in [0.717, 1.165) is 37.0 Å². The number of nitrogens with one attached hydrogen (secondary N) is 1. The second-order valence-electron chi connectivity index (χ2n) is 7.84. The van der Waals surface area contributed by atoms with Crippen molar-refractivity contribution in [3.8, 4) is 34.5 Å². The molecule has 0 atom stereocenters. The molecule has 0 amide bonds. The van der Waals surface area contributed by atoms with Crippen LogP contribution in [0.5, 0.6) is 11.5 Å². The zero-order valence-corrected chi connectivity index (χ0v) is 21.9. The highest BCUT2D eigenvalue weighted by atomic mass is 79.9. The zero-order valence-electron chi connectivity index (χ0n) is 18.8. The van der Waals surface area contributed by atoms with E-state index in [1.54, 1.807) is 18.3 Å². The monoisotopic (exact) mass is 594 g/mol. The number of fused-ring (bicyclic) bond motifs is 1. The molecule has 3 heterocycles. The van der Waals surface area contributed by atoms with Crippen molar-refractivity contribution in [2.75, 3.05) is 0 Å². The number of benzene rings is 2. The van der Waals surface area contributed by atoms with E-state index < -0.39 is 16.9 Å². The smallest absolute Gasteiger partial charge is 0.349 e. The molecule has 2 aromatic carbocycles. The number of H-pyrrole nitrogens is 1. The highest BCUT2D eigenvalue weighted by Gasteiger charge is 2.16. The van der Waals surface area contributed by atoms with Crippen molar-refractivity contribution in [2.24, 2.45) is 0 Å². The third-order valence-corrected chi connectivity index (χ3v) is 6.39. The number of nitriles is 1. The highest BCUT2D eigenvalue weighted by molar-refractivity contribution is 9.10. The van der Waals surface area contributed by atoms with Gasteiger partial charge in [-0.05, 0) is 76.9 Å². The second kappa shape index (κ2) is 9.78. The van der Waals surface area contributed by atoms with Crippen molar-refractivity contribution >= 4 is 50.0 Å². The van der Waals surface area contributed by atoms with Crippen LogP contribution in [-0.2, 0) is 0 Å². The minimum atomic E-state index is -0.886. The van der Waals surface area contributed by atoms with E-state index in [9.17, 15) is 9.59 Å². The van der Waals surface area contributed by atoms with E-state index in [-0.39, 0.29) is 21.5 Å². The van der Waals surface area contributed by atoms with Crippen LogP contribution in [0.3, 0.4) is 0 Å². The molecule has 5 rings (SSSR count). The molecule has 0 saturated carbocycles. The Hall–Kier alpha value is -4.04. The summed E-state index contributed by atoms with van der Waals surface area (Å²) in [5, 5.41) is 13.9. The van der Waals surface area contributed by atoms with Gasteiger partial charge in [0, 0.05) is 17.1 Å². The number of aromatic amines is 1. The first-order chi connectivity index (χ1) is 17.7. The van der Waals surface area contributed by atoms with Crippen LogP contribution < -0.4 is 16.0 Å². The zero-order chi connectivity index (χ0) is 26.3. The molecule has 0 aliphatic carbocycles. The van der Waals surface area contributed by atoms with Crippen molar-refractivity contribution < 1.29 is 4.74 Å². The van der Waals surface area contributed by atoms with Gasteiger partial charge in [0.25, 0.3) is 5.56 Å². The normalized spacial score (nSPS) is 10.9. The fourth-order valence-electron chi connectivity index (χ4n) is 3.68. The number of ether oxygens (including phenoxy) is 1. The molecule has 1 N–H and O–H groups in total. The molecule has 0 bridgehead atoms. The predicted octanol–water partition coefficient (Wildman–Crippen LogP) is 5.57. The number of rotatable bonds is 4. The van der Waals surface area contributed by atoms with Crippen LogP contribution in [0.1, 0.15) is 11.3 Å². The topological polar surface area (TPSA) is 127 Å². The summed E-state index contributed by atoms with van der Waals surface area (Å²) in [6.07, 6.45) is 1.71. The van der Waals surface area contributed by atoms with Gasteiger partial charge in [0.05, 0.1) is 26.9 Å². The summed E-state index contributed by atoms with van der Waals surface area (Å²) in [6, 6.07) is 15.6. The van der Waals surface area contributed by atoms with Crippen LogP contribution in [0.25, 0.3) is 27.8 Å². The largest absolute Gasteiger partial charge is 0.454 e. The van der Waals surface area contributed by atoms with Crippen molar-refractivity contribution in [2.45, 2.75) is 6.92 Å². The molecule has 0 fully saturated rings. The first kappa shape index (κ1) is 24.6. The van der Waals surface area contributed by atoms with Crippen LogP contribution in [0, 0.1) is 18.3 Å². The summed E-state index contributed by atoms with van der Waals surface area (Å²) < 4.78 is 7.54. The van der Waals surface area contributed by atoms with Gasteiger partial charge in [-0.2, -0.15) is 9.94 Å². The number of hydrogen-bond donors (Lipinski definition) is 1. The Kier molecular flexibility index (Phi) is 6.52. The Morgan fingerprint density at radius 3 is 2.54 bits per heavy atom. The molecule has 3 aromatic heterocycles. The van der Waals surface area contributed by atoms with Crippen LogP contribution in [0.2, 0.25) is 10.0 Å². The molecule has 0 aliphatic heterocycles. The van der Waals surface area contributed by atoms with Gasteiger partial charge >= 0.3 is 5.69 Å². The predicted molar refractivity (Wildman–Crippen MR) is 143 cm³/mol. The van der Waals surface area contributed by atoms with Crippen molar-refractivity contribution in [1.29, 1.82) is 5.26 Å². The van der Waals surface area contributed by atoms with Crippen LogP contribution >= 0.6 is 39.1 Å². The van der Waals surface area contributed by atoms with Gasteiger partial charge in [0.2, 0.25) is 5.69 Å². The average molecular weight is 596 g/mol. The van der Waals surface area contributed by atoms with E-state index >= 15 is 0 Å². The van der Waals surface area contributed by atoms with Gasteiger partial charge in [-0.3, -0.25) is 9.78 Å². The molecular weight excluding hydrogens is 583 g/mol. The molecule has 37 heavy (non-hydrogen) atoms. The molecule has 9 nitrogen and oxygen atoms in total. The first-order valence-electron chi connectivity index (χ1n) is 10.6. The molecular formula is C25H13BrCl2N6O3. The Bertz CT molecular complexity index is 1860. The lowest BCUT2D eigenvalue weighted by molar-refractivity contribution is 0.483. The van der Waals surface area contributed by atoms with Crippen LogP contribution in [-0.4, -0.2) is 24.7 Å². The van der Waals surface area contributed by atoms with E-state index in [1.807, 2.05) is 42.2 Å². The van der Waals surface area contributed by atoms with E-state index in [1.165, 1.54) is 12.1 Å². The lowest BCUT2D eigenvalue weighted by Crippen LogP contribution is -2.33. The molecule has 12 heteroatoms. The minimum absolute atomic E-state index is 0.0921. The number of hydrogen-bond acceptors (Lipinski definition) is 7. The minimum Gasteiger partial charge on any atom is -0.454 e. The van der Waals surface area contributed by atoms with E-state index in [4.69, 9.17) is 38.2 Å². The first-order valence-corrected chi connectivity index (χ1v) is 12.1. The van der Waals surface area contributed by atoms with E-state index in [0.29, 0.717) is 5.75 Å². The fraction of sp³-hybridized carbons (Fsp3) is 0.0400. The van der Waals surface area contributed by atoms with Crippen LogP contribution in [0.4, 0.5) is 0 Å². The van der Waals surface area contributed by atoms with Gasteiger partial charge in [-0.1, -0.05) is 23.2 Å². The van der Waals surface area contributed by atoms with Crippen LogP contribution in [0.15, 0.2) is 68.9 Å². The Labute approximate surface area is 227 Å². The summed E-state index contributed by atoms with van der Waals surface area (Å²) in [5.41, 5.74) is 1.45. The maximum Gasteiger partial charge on any atom is 0.349 e. The summed E-state index contributed by atoms with van der Waals surface area (Å²) in [7, 11) is 0. The highest BCUT2D eigenvalue weighted by Crippen LogP contribution is 2.39. The van der Waals surface area contributed by atoms with Gasteiger partial charge in [-0.15, -0.1) is 5.10 Å². The number of nitrogens with zero attached hydrogens (tertiary/aromatic N) is 5. The van der Waals surface area contributed by atoms with Crippen molar-refractivity contribution in [3.05, 3.63) is 101 Å². The Morgan fingerprint density at radius 1 is 1.08 bits per heavy atom. The molecule has 0 spiro atoms. The van der Waals surface area contributed by atoms with Gasteiger partial charge in [0.1, 0.15) is 16.4 Å². The third kappa shape index (κ3) is 4.84. The molecule has 0 saturated heterocycles. The fourth-order valence-corrected chi connectivity index (χ4v) is 4.60. The molecule has 0 aliphatic rings. The summed E-state index contributed by atoms with van der Waals surface area (Å²) in [6.45, 7) is 1.98. The molecule has 0 radical (unpaired) electrons. The molecule has 5 aromatic rings. The molecule has 0 unspecified atom stereocenters. The summed E-state index contributed by atoms with van der Waals surface area (Å²) in [4.78, 5) is 34.8. The SMILES string of the molecule is Cc1cc(-c2ccnc(Br)c2)nc2ccc(Oc3c(Cl)cc(-n4nc(C#N)c(=O)[nH]c4=O)cc3Cl)cc12. The number of aryl methyl sites for hydroxylation is 1. The van der Waals surface area contributed by atoms with Gasteiger partial charge < -0.3 is 4.74 Å². The average Bonchev–Trinajstić information content (AvgIpc) is 2.86. The maximum atomic E-state index is 12.2. The Morgan fingerprint density at radius 2 is 1.84 bits per heavy atom. The standard InChI is InChI=1S/C25H13BrCl2N6O3/c1-12-6-20(13-4-5-30-22(26)7-13)31-19-3-2-15(10-16(12)19)37-23-17(27)8-14(9-18(23)28)34-25(36)32-24(35)21(11-29)33-34/h2-10H,1H3,(H,32,35,36). The lowest BCUT2D eigenvalue weighted by Gasteiger charge is -2.13. The van der Waals surface area contributed by atoms with Gasteiger partial charge in [-0.25, -0.2) is 14.8 Å². The third-order valence-electron chi connectivity index (χ3n) is 5.39. The number of aromatic nitrogens is 5. The molecule has 182 valence electrons. The quantitative estimate of drug-likeness (QED) is 0.269. The number of pyridine rings is 2. The Balaban J connectivity index is 1.50. The number of halogens is 3. The lowest BCUT2D eigenvalue weighted by atomic mass is 10.1. The van der Waals surface area contributed by atoms with Crippen molar-refractivity contribution in [3.63, 3.8) is 0 Å². The maximum absolute atomic E-state index is 12.2.